The second kappa shape index (κ2) is 6.31. The van der Waals surface area contributed by atoms with Gasteiger partial charge >= 0.3 is 0 Å². The van der Waals surface area contributed by atoms with Gasteiger partial charge in [0.05, 0.1) is 6.04 Å². The van der Waals surface area contributed by atoms with Crippen molar-refractivity contribution in [1.82, 2.24) is 5.32 Å². The van der Waals surface area contributed by atoms with Crippen molar-refractivity contribution in [2.45, 2.75) is 32.9 Å². The van der Waals surface area contributed by atoms with Crippen molar-refractivity contribution in [2.24, 2.45) is 5.73 Å². The van der Waals surface area contributed by atoms with Crippen LogP contribution in [0, 0.1) is 19.7 Å². The largest absolute Gasteiger partial charge is 0.351 e. The van der Waals surface area contributed by atoms with Gasteiger partial charge in [-0.3, -0.25) is 4.79 Å². The first-order valence-electron chi connectivity index (χ1n) is 5.85. The van der Waals surface area contributed by atoms with E-state index in [1.807, 2.05) is 0 Å². The Kier molecular flexibility index (Phi) is 5.04. The fourth-order valence-corrected chi connectivity index (χ4v) is 1.74. The van der Waals surface area contributed by atoms with Crippen molar-refractivity contribution < 1.29 is 9.18 Å². The van der Waals surface area contributed by atoms with E-state index in [0.717, 1.165) is 5.56 Å². The molecule has 1 rings (SSSR count). The maximum Gasteiger partial charge on any atom is 0.237 e. The van der Waals surface area contributed by atoms with Gasteiger partial charge in [0.1, 0.15) is 5.82 Å². The number of halogens is 1. The predicted molar refractivity (Wildman–Crippen MR) is 70.5 cm³/mol. The Morgan fingerprint density at radius 1 is 1.50 bits per heavy atom. The fraction of sp³-hybridized carbons (Fsp3) is 0.357. The van der Waals surface area contributed by atoms with Crippen molar-refractivity contribution >= 4 is 5.91 Å². The molecule has 0 saturated heterocycles. The molecule has 0 saturated carbocycles. The highest BCUT2D eigenvalue weighted by atomic mass is 19.1. The Labute approximate surface area is 107 Å². The SMILES string of the molecule is C=CCC(N)C(=O)NCc1cc(C)c(F)c(C)c1. The third kappa shape index (κ3) is 3.67. The number of nitrogens with one attached hydrogen (secondary N) is 1. The number of nitrogens with two attached hydrogens (primary N) is 1. The van der Waals surface area contributed by atoms with Crippen molar-refractivity contribution in [2.75, 3.05) is 0 Å². The van der Waals surface area contributed by atoms with Crippen LogP contribution >= 0.6 is 0 Å². The van der Waals surface area contributed by atoms with E-state index in [2.05, 4.69) is 11.9 Å². The van der Waals surface area contributed by atoms with Crippen LogP contribution in [0.25, 0.3) is 0 Å². The highest BCUT2D eigenvalue weighted by Crippen LogP contribution is 2.14. The molecule has 0 aliphatic carbocycles. The molecule has 3 N–H and O–H groups in total. The van der Waals surface area contributed by atoms with E-state index < -0.39 is 6.04 Å². The Balaban J connectivity index is 2.64. The zero-order chi connectivity index (χ0) is 13.7. The van der Waals surface area contributed by atoms with Crippen LogP contribution in [0.1, 0.15) is 23.1 Å². The highest BCUT2D eigenvalue weighted by molar-refractivity contribution is 5.81. The summed E-state index contributed by atoms with van der Waals surface area (Å²) in [4.78, 5) is 11.6. The molecule has 0 spiro atoms. The molecule has 1 aromatic carbocycles. The second-order valence-electron chi connectivity index (χ2n) is 4.39. The minimum Gasteiger partial charge on any atom is -0.351 e. The molecule has 1 atom stereocenters. The lowest BCUT2D eigenvalue weighted by molar-refractivity contribution is -0.122. The summed E-state index contributed by atoms with van der Waals surface area (Å²) in [7, 11) is 0. The summed E-state index contributed by atoms with van der Waals surface area (Å²) in [6.07, 6.45) is 2.05. The minimum absolute atomic E-state index is 0.201. The van der Waals surface area contributed by atoms with E-state index in [1.54, 1.807) is 32.1 Å². The van der Waals surface area contributed by atoms with Crippen LogP contribution in [0.2, 0.25) is 0 Å². The second-order valence-corrected chi connectivity index (χ2v) is 4.39. The van der Waals surface area contributed by atoms with Crippen molar-refractivity contribution in [3.63, 3.8) is 0 Å². The van der Waals surface area contributed by atoms with E-state index in [9.17, 15) is 9.18 Å². The van der Waals surface area contributed by atoms with Crippen molar-refractivity contribution in [3.8, 4) is 0 Å². The van der Waals surface area contributed by atoms with E-state index in [1.165, 1.54) is 0 Å². The Hall–Kier alpha value is -1.68. The first kappa shape index (κ1) is 14.4. The zero-order valence-electron chi connectivity index (χ0n) is 10.8. The highest BCUT2D eigenvalue weighted by Gasteiger charge is 2.11. The normalized spacial score (nSPS) is 12.0. The van der Waals surface area contributed by atoms with Crippen LogP contribution in [-0.4, -0.2) is 11.9 Å². The molecule has 0 aliphatic rings. The van der Waals surface area contributed by atoms with Crippen LogP contribution in [0.15, 0.2) is 24.8 Å². The van der Waals surface area contributed by atoms with E-state index in [-0.39, 0.29) is 11.7 Å². The van der Waals surface area contributed by atoms with Crippen LogP contribution in [0.4, 0.5) is 4.39 Å². The number of benzene rings is 1. The summed E-state index contributed by atoms with van der Waals surface area (Å²) in [5.74, 6) is -0.428. The van der Waals surface area contributed by atoms with E-state index in [0.29, 0.717) is 24.1 Å². The molecule has 0 bridgehead atoms. The number of amides is 1. The average Bonchev–Trinajstić information content (AvgIpc) is 2.33. The lowest BCUT2D eigenvalue weighted by atomic mass is 10.1. The lowest BCUT2D eigenvalue weighted by Gasteiger charge is -2.11. The predicted octanol–water partition coefficient (Wildman–Crippen LogP) is 1.96. The zero-order valence-corrected chi connectivity index (χ0v) is 10.8. The number of rotatable bonds is 5. The summed E-state index contributed by atoms with van der Waals surface area (Å²) >= 11 is 0. The third-order valence-corrected chi connectivity index (χ3v) is 2.72. The van der Waals surface area contributed by atoms with Gasteiger partial charge in [-0.1, -0.05) is 18.2 Å². The molecule has 0 aromatic heterocycles. The summed E-state index contributed by atoms with van der Waals surface area (Å²) in [5, 5.41) is 2.72. The minimum atomic E-state index is -0.579. The number of aryl methyl sites for hydroxylation is 2. The summed E-state index contributed by atoms with van der Waals surface area (Å²) < 4.78 is 13.4. The lowest BCUT2D eigenvalue weighted by Crippen LogP contribution is -2.39. The summed E-state index contributed by atoms with van der Waals surface area (Å²) in [5.41, 5.74) is 7.66. The number of hydrogen-bond donors (Lipinski definition) is 2. The molecule has 4 heteroatoms. The molecular weight excluding hydrogens is 231 g/mol. The van der Waals surface area contributed by atoms with Gasteiger partial charge in [0.25, 0.3) is 0 Å². The molecule has 98 valence electrons. The van der Waals surface area contributed by atoms with Crippen LogP contribution in [-0.2, 0) is 11.3 Å². The molecule has 1 aromatic rings. The molecule has 0 aliphatic heterocycles. The summed E-state index contributed by atoms with van der Waals surface area (Å²) in [6.45, 7) is 7.30. The monoisotopic (exact) mass is 250 g/mol. The summed E-state index contributed by atoms with van der Waals surface area (Å²) in [6, 6.07) is 2.87. The van der Waals surface area contributed by atoms with Crippen LogP contribution in [0.5, 0.6) is 0 Å². The van der Waals surface area contributed by atoms with Gasteiger partial charge in [0, 0.05) is 6.54 Å². The van der Waals surface area contributed by atoms with Crippen molar-refractivity contribution in [3.05, 3.63) is 47.3 Å². The molecule has 0 fully saturated rings. The van der Waals surface area contributed by atoms with E-state index in [4.69, 9.17) is 5.73 Å². The van der Waals surface area contributed by atoms with Gasteiger partial charge in [-0.2, -0.15) is 0 Å². The van der Waals surface area contributed by atoms with Gasteiger partial charge < -0.3 is 11.1 Å². The molecule has 0 radical (unpaired) electrons. The molecule has 1 amide bonds. The van der Waals surface area contributed by atoms with Gasteiger partial charge in [-0.05, 0) is 37.0 Å². The van der Waals surface area contributed by atoms with Crippen LogP contribution in [0.3, 0.4) is 0 Å². The smallest absolute Gasteiger partial charge is 0.237 e. The number of carbonyl (C=O) groups excluding carboxylic acids is 1. The molecule has 0 heterocycles. The first-order valence-corrected chi connectivity index (χ1v) is 5.85. The molecule has 3 nitrogen and oxygen atoms in total. The standard InChI is InChI=1S/C14H19FN2O/c1-4-5-12(16)14(18)17-8-11-6-9(2)13(15)10(3)7-11/h4,6-7,12H,1,5,8,16H2,2-3H3,(H,17,18). The number of carbonyl (C=O) groups is 1. The topological polar surface area (TPSA) is 55.1 Å². The maximum absolute atomic E-state index is 13.4. The van der Waals surface area contributed by atoms with Crippen molar-refractivity contribution in [1.29, 1.82) is 0 Å². The molecular formula is C14H19FN2O. The first-order chi connectivity index (χ1) is 8.45. The molecule has 1 unspecified atom stereocenters. The maximum atomic E-state index is 13.4. The quantitative estimate of drug-likeness (QED) is 0.785. The Morgan fingerprint density at radius 2 is 2.06 bits per heavy atom. The van der Waals surface area contributed by atoms with Crippen LogP contribution < -0.4 is 11.1 Å². The third-order valence-electron chi connectivity index (χ3n) is 2.72. The number of hydrogen-bond acceptors (Lipinski definition) is 2. The molecule has 18 heavy (non-hydrogen) atoms. The average molecular weight is 250 g/mol. The Bertz CT molecular complexity index is 434. The van der Waals surface area contributed by atoms with Gasteiger partial charge in [0.15, 0.2) is 0 Å². The van der Waals surface area contributed by atoms with Gasteiger partial charge in [-0.15, -0.1) is 6.58 Å². The van der Waals surface area contributed by atoms with Gasteiger partial charge in [-0.25, -0.2) is 4.39 Å². The van der Waals surface area contributed by atoms with Gasteiger partial charge in [0.2, 0.25) is 5.91 Å². The van der Waals surface area contributed by atoms with E-state index >= 15 is 0 Å². The fourth-order valence-electron chi connectivity index (χ4n) is 1.74. The Morgan fingerprint density at radius 3 is 2.56 bits per heavy atom.